The first-order valence-corrected chi connectivity index (χ1v) is 8.17. The van der Waals surface area contributed by atoms with E-state index in [0.717, 1.165) is 25.9 Å². The summed E-state index contributed by atoms with van der Waals surface area (Å²) >= 11 is 1.59. The summed E-state index contributed by atoms with van der Waals surface area (Å²) in [5.74, 6) is 1.17. The summed E-state index contributed by atoms with van der Waals surface area (Å²) in [4.78, 5) is 15.8. The van der Waals surface area contributed by atoms with Crippen molar-refractivity contribution in [1.82, 2.24) is 4.90 Å². The second kappa shape index (κ2) is 5.37. The molecule has 1 saturated heterocycles. The molecule has 2 N–H and O–H groups in total. The Kier molecular flexibility index (Phi) is 3.73. The van der Waals surface area contributed by atoms with Crippen LogP contribution < -0.4 is 5.73 Å². The van der Waals surface area contributed by atoms with Crippen molar-refractivity contribution >= 4 is 22.3 Å². The minimum atomic E-state index is -0.242. The molecule has 0 saturated carbocycles. The summed E-state index contributed by atoms with van der Waals surface area (Å²) in [5.41, 5.74) is 7.91. The average molecular weight is 294 g/mol. The van der Waals surface area contributed by atoms with Crippen LogP contribution in [0.15, 0.2) is 0 Å². The summed E-state index contributed by atoms with van der Waals surface area (Å²) in [7, 11) is 2.19. The summed E-state index contributed by atoms with van der Waals surface area (Å²) in [5, 5.41) is 0.639. The van der Waals surface area contributed by atoms with Gasteiger partial charge in [0, 0.05) is 11.4 Å². The van der Waals surface area contributed by atoms with E-state index in [1.54, 1.807) is 11.3 Å². The minimum Gasteiger partial charge on any atom is -0.462 e. The van der Waals surface area contributed by atoms with Crippen LogP contribution in [0.25, 0.3) is 0 Å². The Hall–Kier alpha value is -1.07. The number of anilines is 1. The van der Waals surface area contributed by atoms with Gasteiger partial charge in [0.1, 0.15) is 5.00 Å². The van der Waals surface area contributed by atoms with Gasteiger partial charge in [0.2, 0.25) is 0 Å². The van der Waals surface area contributed by atoms with Gasteiger partial charge in [0.25, 0.3) is 0 Å². The number of ether oxygens (including phenoxy) is 1. The fourth-order valence-electron chi connectivity index (χ4n) is 3.60. The Morgan fingerprint density at radius 2 is 2.25 bits per heavy atom. The number of hydrogen-bond acceptors (Lipinski definition) is 5. The zero-order valence-electron chi connectivity index (χ0n) is 12.1. The van der Waals surface area contributed by atoms with Crippen LogP contribution in [0.1, 0.15) is 34.1 Å². The first kappa shape index (κ1) is 13.9. The molecule has 2 aliphatic rings. The molecule has 1 aromatic rings. The Morgan fingerprint density at radius 3 is 3.00 bits per heavy atom. The molecule has 0 amide bonds. The summed E-state index contributed by atoms with van der Waals surface area (Å²) in [6, 6.07) is 0. The number of esters is 1. The van der Waals surface area contributed by atoms with Gasteiger partial charge in [-0.15, -0.1) is 11.3 Å². The van der Waals surface area contributed by atoms with Crippen molar-refractivity contribution in [3.8, 4) is 0 Å². The fraction of sp³-hybridized carbons (Fsp3) is 0.667. The van der Waals surface area contributed by atoms with E-state index in [4.69, 9.17) is 10.5 Å². The lowest BCUT2D eigenvalue weighted by Gasteiger charge is -2.39. The standard InChI is InChI=1S/C15H22N2O2S/c1-3-19-15(18)13-11-6-9-4-5-17(2)8-10(9)7-12(11)20-14(13)16/h9-10H,3-8,16H2,1-2H3. The third-order valence-electron chi connectivity index (χ3n) is 4.61. The van der Waals surface area contributed by atoms with E-state index in [0.29, 0.717) is 29.0 Å². The van der Waals surface area contributed by atoms with Gasteiger partial charge in [-0.1, -0.05) is 0 Å². The Balaban J connectivity index is 1.90. The Morgan fingerprint density at radius 1 is 1.45 bits per heavy atom. The molecule has 0 radical (unpaired) electrons. The highest BCUT2D eigenvalue weighted by Gasteiger charge is 2.36. The summed E-state index contributed by atoms with van der Waals surface area (Å²) < 4.78 is 5.17. The van der Waals surface area contributed by atoms with Gasteiger partial charge in [-0.3, -0.25) is 0 Å². The first-order valence-electron chi connectivity index (χ1n) is 7.35. The molecule has 1 aliphatic carbocycles. The van der Waals surface area contributed by atoms with Gasteiger partial charge in [-0.05, 0) is 57.2 Å². The molecule has 1 fully saturated rings. The number of carbonyl (C=O) groups is 1. The molecule has 0 spiro atoms. The monoisotopic (exact) mass is 294 g/mol. The third kappa shape index (κ3) is 2.33. The van der Waals surface area contributed by atoms with Crippen LogP contribution in [-0.4, -0.2) is 37.6 Å². The molecule has 2 unspecified atom stereocenters. The summed E-state index contributed by atoms with van der Waals surface area (Å²) in [6.45, 7) is 4.56. The number of thiophene rings is 1. The number of hydrogen-bond donors (Lipinski definition) is 1. The lowest BCUT2D eigenvalue weighted by atomic mass is 9.74. The molecule has 110 valence electrons. The topological polar surface area (TPSA) is 55.6 Å². The normalized spacial score (nSPS) is 25.9. The molecule has 4 nitrogen and oxygen atoms in total. The number of nitrogens with zero attached hydrogens (tertiary/aromatic N) is 1. The van der Waals surface area contributed by atoms with Crippen LogP contribution >= 0.6 is 11.3 Å². The van der Waals surface area contributed by atoms with E-state index in [1.165, 1.54) is 16.9 Å². The molecule has 20 heavy (non-hydrogen) atoms. The third-order valence-corrected chi connectivity index (χ3v) is 5.69. The lowest BCUT2D eigenvalue weighted by Crippen LogP contribution is -2.41. The van der Waals surface area contributed by atoms with E-state index in [1.807, 2.05) is 6.92 Å². The van der Waals surface area contributed by atoms with Crippen molar-refractivity contribution < 1.29 is 9.53 Å². The molecule has 5 heteroatoms. The highest BCUT2D eigenvalue weighted by Crippen LogP contribution is 2.43. The van der Waals surface area contributed by atoms with Gasteiger partial charge in [-0.2, -0.15) is 0 Å². The van der Waals surface area contributed by atoms with Gasteiger partial charge >= 0.3 is 5.97 Å². The molecular formula is C15H22N2O2S. The maximum atomic E-state index is 12.1. The van der Waals surface area contributed by atoms with E-state index < -0.39 is 0 Å². The number of rotatable bonds is 2. The van der Waals surface area contributed by atoms with Crippen LogP contribution in [0, 0.1) is 11.8 Å². The largest absolute Gasteiger partial charge is 0.462 e. The Labute approximate surface area is 123 Å². The van der Waals surface area contributed by atoms with E-state index in [9.17, 15) is 4.79 Å². The minimum absolute atomic E-state index is 0.242. The zero-order valence-corrected chi connectivity index (χ0v) is 13.0. The molecule has 1 aliphatic heterocycles. The SMILES string of the molecule is CCOC(=O)c1c(N)sc2c1CC1CCN(C)CC1C2. The van der Waals surface area contributed by atoms with E-state index >= 15 is 0 Å². The summed E-state index contributed by atoms with van der Waals surface area (Å²) in [6.07, 6.45) is 3.28. The van der Waals surface area contributed by atoms with Crippen LogP contribution in [0.2, 0.25) is 0 Å². The van der Waals surface area contributed by atoms with E-state index in [2.05, 4.69) is 11.9 Å². The van der Waals surface area contributed by atoms with Crippen molar-refractivity contribution in [2.24, 2.45) is 11.8 Å². The van der Waals surface area contributed by atoms with Gasteiger partial charge in [0.05, 0.1) is 12.2 Å². The highest BCUT2D eigenvalue weighted by molar-refractivity contribution is 7.16. The highest BCUT2D eigenvalue weighted by atomic mass is 32.1. The maximum absolute atomic E-state index is 12.1. The number of nitrogen functional groups attached to an aromatic ring is 1. The number of likely N-dealkylation sites (tertiary alicyclic amines) is 1. The van der Waals surface area contributed by atoms with E-state index in [-0.39, 0.29) is 5.97 Å². The van der Waals surface area contributed by atoms with Gasteiger partial charge in [-0.25, -0.2) is 4.79 Å². The predicted octanol–water partition coefficient (Wildman–Crippen LogP) is 2.17. The smallest absolute Gasteiger partial charge is 0.341 e. The second-order valence-corrected chi connectivity index (χ2v) is 7.08. The molecule has 2 atom stereocenters. The Bertz CT molecular complexity index is 526. The number of fused-ring (bicyclic) bond motifs is 2. The number of piperidine rings is 1. The molecule has 1 aromatic heterocycles. The second-order valence-electron chi connectivity index (χ2n) is 5.94. The molecule has 0 bridgehead atoms. The molecule has 2 heterocycles. The zero-order chi connectivity index (χ0) is 14.3. The number of nitrogens with two attached hydrogens (primary N) is 1. The van der Waals surface area contributed by atoms with Crippen molar-refractivity contribution in [3.63, 3.8) is 0 Å². The lowest BCUT2D eigenvalue weighted by molar-refractivity contribution is 0.0525. The van der Waals surface area contributed by atoms with Crippen LogP contribution in [0.3, 0.4) is 0 Å². The van der Waals surface area contributed by atoms with Crippen molar-refractivity contribution in [1.29, 1.82) is 0 Å². The average Bonchev–Trinajstić information content (AvgIpc) is 2.71. The molecule has 3 rings (SSSR count). The van der Waals surface area contributed by atoms with Crippen molar-refractivity contribution in [3.05, 3.63) is 16.0 Å². The maximum Gasteiger partial charge on any atom is 0.341 e. The quantitative estimate of drug-likeness (QED) is 0.849. The van der Waals surface area contributed by atoms with Gasteiger partial charge < -0.3 is 15.4 Å². The van der Waals surface area contributed by atoms with Crippen LogP contribution in [0.4, 0.5) is 5.00 Å². The molecule has 0 aromatic carbocycles. The van der Waals surface area contributed by atoms with Crippen LogP contribution in [-0.2, 0) is 17.6 Å². The fourth-order valence-corrected chi connectivity index (χ4v) is 4.78. The predicted molar refractivity (Wildman–Crippen MR) is 81.2 cm³/mol. The van der Waals surface area contributed by atoms with Crippen molar-refractivity contribution in [2.75, 3.05) is 32.5 Å². The first-order chi connectivity index (χ1) is 9.60. The van der Waals surface area contributed by atoms with Crippen LogP contribution in [0.5, 0.6) is 0 Å². The number of carbonyl (C=O) groups excluding carboxylic acids is 1. The van der Waals surface area contributed by atoms with Crippen molar-refractivity contribution in [2.45, 2.75) is 26.2 Å². The molecular weight excluding hydrogens is 272 g/mol. The van der Waals surface area contributed by atoms with Gasteiger partial charge in [0.15, 0.2) is 0 Å².